The highest BCUT2D eigenvalue weighted by Gasteiger charge is 2.07. The average Bonchev–Trinajstić information content (AvgIpc) is 2.26. The van der Waals surface area contributed by atoms with Crippen molar-refractivity contribution in [2.45, 2.75) is 6.92 Å². The minimum Gasteiger partial charge on any atom is -0.491 e. The molecule has 0 fully saturated rings. The molecule has 1 amide bonds. The predicted molar refractivity (Wildman–Crippen MR) is 71.4 cm³/mol. The topological polar surface area (TPSA) is 64.1 Å². The lowest BCUT2D eigenvalue weighted by atomic mass is 10.4. The summed E-state index contributed by atoms with van der Waals surface area (Å²) in [5.41, 5.74) is 0. The molecule has 0 saturated heterocycles. The van der Waals surface area contributed by atoms with Crippen LogP contribution in [0.5, 0.6) is 5.75 Å². The maximum Gasteiger partial charge on any atom is 0.222 e. The van der Waals surface area contributed by atoms with E-state index in [0.717, 1.165) is 0 Å². The second kappa shape index (κ2) is 6.55. The van der Waals surface area contributed by atoms with Gasteiger partial charge in [-0.15, -0.1) is 0 Å². The highest BCUT2D eigenvalue weighted by Crippen LogP contribution is 2.19. The van der Waals surface area contributed by atoms with E-state index in [1.807, 2.05) is 21.2 Å². The molecule has 16 heavy (non-hydrogen) atoms. The van der Waals surface area contributed by atoms with E-state index in [9.17, 15) is 4.79 Å². The molecule has 0 aromatic carbocycles. The second-order valence-electron chi connectivity index (χ2n) is 2.60. The molecule has 1 heterocycles. The van der Waals surface area contributed by atoms with E-state index < -0.39 is 0 Å². The molecule has 0 radical (unpaired) electrons. The van der Waals surface area contributed by atoms with Crippen LogP contribution in [0.2, 0.25) is 0 Å². The van der Waals surface area contributed by atoms with Gasteiger partial charge in [0.1, 0.15) is 0 Å². The van der Waals surface area contributed by atoms with Crippen LogP contribution in [0.3, 0.4) is 0 Å². The first-order valence-electron chi connectivity index (χ1n) is 4.14. The Morgan fingerprint density at radius 3 is 3.00 bits per heavy atom. The van der Waals surface area contributed by atoms with Crippen molar-refractivity contribution in [3.8, 4) is 16.9 Å². The molecular weight excluding hydrogens is 341 g/mol. The van der Waals surface area contributed by atoms with Gasteiger partial charge in [0, 0.05) is 28.1 Å². The molecule has 84 valence electrons. The lowest BCUT2D eigenvalue weighted by Crippen LogP contribution is -2.10. The zero-order valence-electron chi connectivity index (χ0n) is 8.57. The minimum absolute atomic E-state index is 0.223. The number of carbonyl (C=O) groups excluding carboxylic acids is 1. The number of ether oxygens (including phenoxy) is 1. The van der Waals surface area contributed by atoms with Crippen LogP contribution >= 0.6 is 30.1 Å². The Hall–Kier alpha value is -1.01. The van der Waals surface area contributed by atoms with Crippen molar-refractivity contribution in [1.82, 2.24) is 9.97 Å². The van der Waals surface area contributed by atoms with Crippen LogP contribution in [-0.2, 0) is 4.79 Å². The van der Waals surface area contributed by atoms with Gasteiger partial charge in [0.05, 0.1) is 13.3 Å². The number of hydrogen-bond donors (Lipinski definition) is 1. The van der Waals surface area contributed by atoms with Crippen molar-refractivity contribution in [1.29, 1.82) is 0 Å². The largest absolute Gasteiger partial charge is 0.491 e. The fraction of sp³-hybridized carbons (Fsp3) is 0.222. The van der Waals surface area contributed by atoms with Gasteiger partial charge in [0.15, 0.2) is 11.6 Å². The number of hydrogen-bond acceptors (Lipinski definition) is 5. The van der Waals surface area contributed by atoms with Gasteiger partial charge in [0.2, 0.25) is 11.7 Å². The molecule has 0 atom stereocenters. The molecule has 1 N–H and O–H groups in total. The van der Waals surface area contributed by atoms with Gasteiger partial charge in [-0.1, -0.05) is 0 Å². The standard InChI is InChI=1S/C9H8IN3O2S/c1-6(14)12-9-7(15-2)5-11-8(13-9)3-4-16-10/h5H,1-2H3,(H,11,12,13,14). The summed E-state index contributed by atoms with van der Waals surface area (Å²) < 4.78 is 5.01. The summed E-state index contributed by atoms with van der Waals surface area (Å²) in [5, 5.41) is 5.31. The minimum atomic E-state index is -0.223. The first-order valence-corrected chi connectivity index (χ1v) is 7.50. The lowest BCUT2D eigenvalue weighted by molar-refractivity contribution is -0.114. The second-order valence-corrected chi connectivity index (χ2v) is 4.28. The maximum absolute atomic E-state index is 10.9. The van der Waals surface area contributed by atoms with Gasteiger partial charge in [-0.2, -0.15) is 4.98 Å². The number of halogens is 1. The van der Waals surface area contributed by atoms with E-state index in [0.29, 0.717) is 17.4 Å². The summed E-state index contributed by atoms with van der Waals surface area (Å²) >= 11 is 2.05. The van der Waals surface area contributed by atoms with Crippen molar-refractivity contribution >= 4 is 41.9 Å². The first kappa shape index (κ1) is 13.1. The van der Waals surface area contributed by atoms with E-state index in [2.05, 4.69) is 26.5 Å². The van der Waals surface area contributed by atoms with Gasteiger partial charge in [-0.25, -0.2) is 4.98 Å². The zero-order chi connectivity index (χ0) is 12.0. The van der Waals surface area contributed by atoms with Crippen LogP contribution in [0, 0.1) is 11.2 Å². The zero-order valence-corrected chi connectivity index (χ0v) is 11.5. The molecule has 0 saturated carbocycles. The molecule has 0 spiro atoms. The Bertz CT molecular complexity index is 456. The number of rotatable bonds is 2. The van der Waals surface area contributed by atoms with E-state index in [1.54, 1.807) is 0 Å². The van der Waals surface area contributed by atoms with Crippen molar-refractivity contribution < 1.29 is 9.53 Å². The van der Waals surface area contributed by atoms with Gasteiger partial charge < -0.3 is 10.1 Å². The van der Waals surface area contributed by atoms with Crippen molar-refractivity contribution in [2.75, 3.05) is 12.4 Å². The monoisotopic (exact) mass is 349 g/mol. The molecular formula is C9H8IN3O2S. The molecule has 0 bridgehead atoms. The Morgan fingerprint density at radius 2 is 2.44 bits per heavy atom. The van der Waals surface area contributed by atoms with Gasteiger partial charge in [-0.05, 0) is 20.1 Å². The molecule has 0 aliphatic rings. The van der Waals surface area contributed by atoms with Crippen LogP contribution in [0.15, 0.2) is 6.20 Å². The summed E-state index contributed by atoms with van der Waals surface area (Å²) in [6, 6.07) is 0. The fourth-order valence-corrected chi connectivity index (χ4v) is 1.36. The third kappa shape index (κ3) is 3.86. The number of methoxy groups -OCH3 is 1. The quantitative estimate of drug-likeness (QED) is 0.652. The Morgan fingerprint density at radius 1 is 1.69 bits per heavy atom. The van der Waals surface area contributed by atoms with E-state index in [1.165, 1.54) is 29.2 Å². The Labute approximate surface area is 109 Å². The number of nitrogens with zero attached hydrogens (tertiary/aromatic N) is 2. The number of nitrogens with one attached hydrogen (secondary N) is 1. The molecule has 0 unspecified atom stereocenters. The smallest absolute Gasteiger partial charge is 0.222 e. The normalized spacial score (nSPS) is 8.94. The predicted octanol–water partition coefficient (Wildman–Crippen LogP) is 1.84. The van der Waals surface area contributed by atoms with Crippen LogP contribution in [0.25, 0.3) is 0 Å². The third-order valence-corrected chi connectivity index (χ3v) is 2.31. The Balaban J connectivity index is 3.05. The van der Waals surface area contributed by atoms with Crippen LogP contribution in [0.4, 0.5) is 5.82 Å². The number of anilines is 1. The molecule has 0 aliphatic heterocycles. The number of amides is 1. The average molecular weight is 349 g/mol. The first-order chi connectivity index (χ1) is 7.67. The summed E-state index contributed by atoms with van der Waals surface area (Å²) in [6.07, 6.45) is 1.47. The van der Waals surface area contributed by atoms with E-state index >= 15 is 0 Å². The fourth-order valence-electron chi connectivity index (χ4n) is 0.902. The molecule has 1 rings (SSSR count). The maximum atomic E-state index is 10.9. The third-order valence-electron chi connectivity index (χ3n) is 1.47. The van der Waals surface area contributed by atoms with Crippen LogP contribution < -0.4 is 10.1 Å². The van der Waals surface area contributed by atoms with Crippen molar-refractivity contribution in [3.63, 3.8) is 0 Å². The molecule has 1 aromatic heterocycles. The highest BCUT2D eigenvalue weighted by atomic mass is 127. The van der Waals surface area contributed by atoms with Crippen LogP contribution in [0.1, 0.15) is 12.7 Å². The van der Waals surface area contributed by atoms with Gasteiger partial charge in [-0.3, -0.25) is 4.79 Å². The summed E-state index contributed by atoms with van der Waals surface area (Å²) in [5.74, 6) is 3.59. The van der Waals surface area contributed by atoms with Gasteiger partial charge >= 0.3 is 0 Å². The molecule has 7 heteroatoms. The van der Waals surface area contributed by atoms with Crippen molar-refractivity contribution in [2.24, 2.45) is 0 Å². The molecule has 1 aromatic rings. The number of aromatic nitrogens is 2. The SMILES string of the molecule is COc1cnc(C#CSI)nc1NC(C)=O. The van der Waals surface area contributed by atoms with Gasteiger partial charge in [0.25, 0.3) is 0 Å². The summed E-state index contributed by atoms with van der Waals surface area (Å²) in [4.78, 5) is 19.0. The van der Waals surface area contributed by atoms with Crippen LogP contribution in [-0.4, -0.2) is 23.0 Å². The van der Waals surface area contributed by atoms with E-state index in [4.69, 9.17) is 4.74 Å². The molecule has 5 nitrogen and oxygen atoms in total. The lowest BCUT2D eigenvalue weighted by Gasteiger charge is -2.06. The summed E-state index contributed by atoms with van der Waals surface area (Å²) in [7, 11) is 2.82. The Kier molecular flexibility index (Phi) is 5.34. The van der Waals surface area contributed by atoms with Crippen molar-refractivity contribution in [3.05, 3.63) is 12.0 Å². The van der Waals surface area contributed by atoms with E-state index in [-0.39, 0.29) is 5.91 Å². The number of carbonyl (C=O) groups is 1. The summed E-state index contributed by atoms with van der Waals surface area (Å²) in [6.45, 7) is 1.40. The molecule has 0 aliphatic carbocycles. The highest BCUT2D eigenvalue weighted by molar-refractivity contribution is 14.2.